The van der Waals surface area contributed by atoms with Crippen LogP contribution in [0.3, 0.4) is 0 Å². The number of para-hydroxylation sites is 2. The fraction of sp³-hybridized carbons (Fsp3) is 0.220. The van der Waals surface area contributed by atoms with E-state index in [0.29, 0.717) is 11.8 Å². The van der Waals surface area contributed by atoms with Crippen molar-refractivity contribution >= 4 is 39.1 Å². The molecule has 0 bridgehead atoms. The Bertz CT molecular complexity index is 2090. The molecule has 6 aliphatic rings. The molecule has 45 heavy (non-hydrogen) atoms. The lowest BCUT2D eigenvalue weighted by Crippen LogP contribution is -2.25. The Morgan fingerprint density at radius 1 is 0.889 bits per heavy atom. The van der Waals surface area contributed by atoms with Crippen molar-refractivity contribution in [2.24, 2.45) is 11.8 Å². The maximum Gasteiger partial charge on any atom is 0.123 e. The lowest BCUT2D eigenvalue weighted by Gasteiger charge is -2.34. The van der Waals surface area contributed by atoms with Gasteiger partial charge in [0.1, 0.15) is 6.17 Å². The molecule has 4 aromatic rings. The number of nitrogens with zero attached hydrogens (tertiary/aromatic N) is 2. The first kappa shape index (κ1) is 25.4. The van der Waals surface area contributed by atoms with E-state index in [0.717, 1.165) is 30.6 Å². The van der Waals surface area contributed by atoms with E-state index in [-0.39, 0.29) is 11.7 Å². The van der Waals surface area contributed by atoms with Gasteiger partial charge in [0.25, 0.3) is 0 Å². The SMILES string of the molecule is CC1CC=CC2=C1c1ccc3ccn(C45C=CC=CC4C5)c3c1C1=C(CCC=C1)N2c1cccc(C2Nc3ccccc3N2)c1. The molecule has 10 rings (SSSR count). The van der Waals surface area contributed by atoms with Gasteiger partial charge in [-0.25, -0.2) is 0 Å². The van der Waals surface area contributed by atoms with Crippen LogP contribution in [0.25, 0.3) is 22.0 Å². The number of fused-ring (bicyclic) bond motifs is 7. The number of hydrogen-bond acceptors (Lipinski definition) is 3. The summed E-state index contributed by atoms with van der Waals surface area (Å²) in [6, 6.07) is 24.8. The second-order valence-electron chi connectivity index (χ2n) is 13.5. The Balaban J connectivity index is 1.20. The van der Waals surface area contributed by atoms with Crippen LogP contribution in [0.5, 0.6) is 0 Å². The van der Waals surface area contributed by atoms with Crippen LogP contribution < -0.4 is 15.5 Å². The van der Waals surface area contributed by atoms with Crippen LogP contribution in [0.1, 0.15) is 55.5 Å². The van der Waals surface area contributed by atoms with Crippen LogP contribution in [-0.2, 0) is 5.54 Å². The normalized spacial score (nSPS) is 25.8. The Morgan fingerprint density at radius 3 is 2.64 bits per heavy atom. The minimum absolute atomic E-state index is 0.0340. The van der Waals surface area contributed by atoms with Gasteiger partial charge in [0.15, 0.2) is 0 Å². The Labute approximate surface area is 264 Å². The molecule has 3 unspecified atom stereocenters. The van der Waals surface area contributed by atoms with Gasteiger partial charge in [-0.05, 0) is 84.7 Å². The standard InChI is InChI=1S/C41H36N4/c1-26-10-8-18-36-37(26)32-20-19-27-21-23-44(41-22-7-6-12-29(41)25-41)39(27)38(32)31-14-2-5-17-35(31)45(36)30-13-9-11-28(24-30)40-42-33-15-3-4-16-34(33)43-40/h2-4,6-9,11-16,18-24,26,29,40,42-43H,5,10,17,25H2,1H3. The molecule has 1 aromatic heterocycles. The Kier molecular flexibility index (Phi) is 5.23. The summed E-state index contributed by atoms with van der Waals surface area (Å²) < 4.78 is 2.62. The maximum atomic E-state index is 3.70. The summed E-state index contributed by atoms with van der Waals surface area (Å²) in [4.78, 5) is 2.60. The fourth-order valence-electron chi connectivity index (χ4n) is 8.66. The zero-order valence-electron chi connectivity index (χ0n) is 25.5. The molecule has 4 heteroatoms. The van der Waals surface area contributed by atoms with E-state index in [1.54, 1.807) is 0 Å². The summed E-state index contributed by atoms with van der Waals surface area (Å²) in [6.45, 7) is 2.41. The number of aromatic nitrogens is 1. The predicted molar refractivity (Wildman–Crippen MR) is 187 cm³/mol. The molecule has 4 aliphatic carbocycles. The van der Waals surface area contributed by atoms with Gasteiger partial charge >= 0.3 is 0 Å². The van der Waals surface area contributed by atoms with Gasteiger partial charge < -0.3 is 20.1 Å². The Hall–Kier alpha value is -4.96. The highest BCUT2D eigenvalue weighted by atomic mass is 15.2. The van der Waals surface area contributed by atoms with Gasteiger partial charge in [0.2, 0.25) is 0 Å². The molecule has 4 nitrogen and oxygen atoms in total. The average molecular weight is 585 g/mol. The van der Waals surface area contributed by atoms with E-state index in [9.17, 15) is 0 Å². The molecular weight excluding hydrogens is 548 g/mol. The first-order chi connectivity index (χ1) is 22.2. The highest BCUT2D eigenvalue weighted by Crippen LogP contribution is 2.57. The van der Waals surface area contributed by atoms with Crippen LogP contribution in [0.2, 0.25) is 0 Å². The molecule has 0 spiro atoms. The summed E-state index contributed by atoms with van der Waals surface area (Å²) in [5.74, 6) is 0.988. The summed E-state index contributed by atoms with van der Waals surface area (Å²) in [6.07, 6.45) is 25.6. The van der Waals surface area contributed by atoms with Crippen molar-refractivity contribution in [3.05, 3.63) is 150 Å². The summed E-state index contributed by atoms with van der Waals surface area (Å²) in [5, 5.41) is 8.73. The zero-order chi connectivity index (χ0) is 29.7. The highest BCUT2D eigenvalue weighted by molar-refractivity contribution is 6.04. The molecule has 1 fully saturated rings. The van der Waals surface area contributed by atoms with Crippen LogP contribution in [-0.4, -0.2) is 4.57 Å². The lowest BCUT2D eigenvalue weighted by molar-refractivity contribution is 0.583. The van der Waals surface area contributed by atoms with Crippen LogP contribution >= 0.6 is 0 Å². The molecule has 3 atom stereocenters. The van der Waals surface area contributed by atoms with Crippen molar-refractivity contribution in [3.8, 4) is 0 Å². The summed E-state index contributed by atoms with van der Waals surface area (Å²) in [7, 11) is 0. The van der Waals surface area contributed by atoms with E-state index >= 15 is 0 Å². The van der Waals surface area contributed by atoms with E-state index in [4.69, 9.17) is 0 Å². The molecule has 0 saturated heterocycles. The van der Waals surface area contributed by atoms with Crippen molar-refractivity contribution in [2.45, 2.75) is 44.3 Å². The number of nitrogens with one attached hydrogen (secondary N) is 2. The largest absolute Gasteiger partial charge is 0.360 e. The van der Waals surface area contributed by atoms with Crippen LogP contribution in [0, 0.1) is 11.8 Å². The molecule has 0 radical (unpaired) electrons. The van der Waals surface area contributed by atoms with Gasteiger partial charge in [-0.1, -0.05) is 85.9 Å². The third-order valence-corrected chi connectivity index (χ3v) is 10.9. The van der Waals surface area contributed by atoms with Gasteiger partial charge in [0.05, 0.1) is 22.4 Å². The number of hydrogen-bond donors (Lipinski definition) is 2. The molecule has 2 aliphatic heterocycles. The van der Waals surface area contributed by atoms with Crippen molar-refractivity contribution in [2.75, 3.05) is 15.5 Å². The number of allylic oxidation sites excluding steroid dienone is 11. The van der Waals surface area contributed by atoms with Gasteiger partial charge in [-0.15, -0.1) is 0 Å². The molecule has 220 valence electrons. The quantitative estimate of drug-likeness (QED) is 0.251. The second kappa shape index (κ2) is 9.28. The van der Waals surface area contributed by atoms with E-state index in [1.807, 2.05) is 0 Å². The minimum atomic E-state index is 0.0340. The fourth-order valence-corrected chi connectivity index (χ4v) is 8.66. The van der Waals surface area contributed by atoms with Gasteiger partial charge in [-0.3, -0.25) is 0 Å². The minimum Gasteiger partial charge on any atom is -0.360 e. The monoisotopic (exact) mass is 584 g/mol. The van der Waals surface area contributed by atoms with Gasteiger partial charge in [-0.2, -0.15) is 0 Å². The van der Waals surface area contributed by atoms with Crippen LogP contribution in [0.15, 0.2) is 133 Å². The number of benzene rings is 3. The van der Waals surface area contributed by atoms with Crippen molar-refractivity contribution < 1.29 is 0 Å². The molecule has 3 aromatic carbocycles. The molecule has 3 heterocycles. The Morgan fingerprint density at radius 2 is 1.78 bits per heavy atom. The molecule has 1 saturated carbocycles. The van der Waals surface area contributed by atoms with E-state index < -0.39 is 0 Å². The average Bonchev–Trinajstić information content (AvgIpc) is 3.45. The van der Waals surface area contributed by atoms with Crippen LogP contribution in [0.4, 0.5) is 17.1 Å². The van der Waals surface area contributed by atoms with E-state index in [2.05, 4.69) is 149 Å². The first-order valence-electron chi connectivity index (χ1n) is 16.5. The smallest absolute Gasteiger partial charge is 0.123 e. The molecule has 2 N–H and O–H groups in total. The van der Waals surface area contributed by atoms with Crippen molar-refractivity contribution in [3.63, 3.8) is 0 Å². The zero-order valence-corrected chi connectivity index (χ0v) is 25.5. The van der Waals surface area contributed by atoms with Gasteiger partial charge in [0, 0.05) is 45.7 Å². The third-order valence-electron chi connectivity index (χ3n) is 10.9. The lowest BCUT2D eigenvalue weighted by atomic mass is 9.82. The second-order valence-corrected chi connectivity index (χ2v) is 13.5. The highest BCUT2D eigenvalue weighted by Gasteiger charge is 2.53. The summed E-state index contributed by atoms with van der Waals surface area (Å²) >= 11 is 0. The van der Waals surface area contributed by atoms with E-state index in [1.165, 1.54) is 62.2 Å². The molecular formula is C41H36N4. The predicted octanol–water partition coefficient (Wildman–Crippen LogP) is 9.91. The first-order valence-corrected chi connectivity index (χ1v) is 16.5. The number of rotatable bonds is 3. The summed E-state index contributed by atoms with van der Waals surface area (Å²) in [5.41, 5.74) is 14.6. The maximum absolute atomic E-state index is 3.70. The molecule has 0 amide bonds. The number of anilines is 3. The van der Waals surface area contributed by atoms with Crippen molar-refractivity contribution in [1.29, 1.82) is 0 Å². The third kappa shape index (κ3) is 3.60. The topological polar surface area (TPSA) is 32.2 Å². The van der Waals surface area contributed by atoms with Crippen molar-refractivity contribution in [1.82, 2.24) is 4.57 Å².